The van der Waals surface area contributed by atoms with Crippen molar-refractivity contribution >= 4 is 5.91 Å². The molecule has 0 bridgehead atoms. The summed E-state index contributed by atoms with van der Waals surface area (Å²) in [4.78, 5) is 12.3. The standard InChI is InChI=1S/C18H24F3N3O/c19-18(20,21)14-3-1-2-13(10-14)4-7-23-16(25)15-11-17(12-24-15)5-8-22-9-6-17/h1-3,10,15,22,24H,4-9,11-12H2,(H,23,25)/t15-/m1/s1. The number of carbonyl (C=O) groups excluding carboxylic acids is 1. The summed E-state index contributed by atoms with van der Waals surface area (Å²) in [5, 5.41) is 9.50. The lowest BCUT2D eigenvalue weighted by Gasteiger charge is -2.33. The summed E-state index contributed by atoms with van der Waals surface area (Å²) in [6.07, 6.45) is -0.959. The first kappa shape index (κ1) is 18.2. The van der Waals surface area contributed by atoms with Gasteiger partial charge in [0.1, 0.15) is 0 Å². The third kappa shape index (κ3) is 4.52. The first-order valence-electron chi connectivity index (χ1n) is 8.76. The number of alkyl halides is 3. The second-order valence-electron chi connectivity index (χ2n) is 7.13. The van der Waals surface area contributed by atoms with Gasteiger partial charge in [-0.3, -0.25) is 4.79 Å². The molecule has 0 aromatic heterocycles. The zero-order valence-electron chi connectivity index (χ0n) is 14.1. The van der Waals surface area contributed by atoms with E-state index in [1.807, 2.05) is 0 Å². The highest BCUT2D eigenvalue weighted by molar-refractivity contribution is 5.82. The van der Waals surface area contributed by atoms with Gasteiger partial charge in [-0.05, 0) is 55.8 Å². The molecule has 4 nitrogen and oxygen atoms in total. The van der Waals surface area contributed by atoms with E-state index in [0.717, 1.165) is 51.0 Å². The van der Waals surface area contributed by atoms with Crippen molar-refractivity contribution < 1.29 is 18.0 Å². The summed E-state index contributed by atoms with van der Waals surface area (Å²) in [6, 6.07) is 5.06. The quantitative estimate of drug-likeness (QED) is 0.775. The molecule has 0 radical (unpaired) electrons. The molecule has 1 amide bonds. The Morgan fingerprint density at radius 1 is 1.28 bits per heavy atom. The fourth-order valence-corrected chi connectivity index (χ4v) is 3.80. The molecule has 2 saturated heterocycles. The number of nitrogens with one attached hydrogen (secondary N) is 3. The van der Waals surface area contributed by atoms with Gasteiger partial charge in [0.25, 0.3) is 0 Å². The van der Waals surface area contributed by atoms with Gasteiger partial charge < -0.3 is 16.0 Å². The van der Waals surface area contributed by atoms with Crippen LogP contribution in [0.25, 0.3) is 0 Å². The normalized spacial score (nSPS) is 22.9. The minimum Gasteiger partial charge on any atom is -0.354 e. The predicted molar refractivity (Wildman–Crippen MR) is 89.1 cm³/mol. The van der Waals surface area contributed by atoms with Crippen molar-refractivity contribution in [2.24, 2.45) is 5.41 Å². The van der Waals surface area contributed by atoms with E-state index in [1.54, 1.807) is 6.07 Å². The first-order valence-corrected chi connectivity index (χ1v) is 8.76. The molecule has 0 aliphatic carbocycles. The van der Waals surface area contributed by atoms with Crippen molar-refractivity contribution in [3.05, 3.63) is 35.4 Å². The zero-order valence-corrected chi connectivity index (χ0v) is 14.1. The highest BCUT2D eigenvalue weighted by Gasteiger charge is 2.41. The topological polar surface area (TPSA) is 53.2 Å². The smallest absolute Gasteiger partial charge is 0.354 e. The monoisotopic (exact) mass is 355 g/mol. The van der Waals surface area contributed by atoms with Crippen LogP contribution in [0, 0.1) is 5.41 Å². The zero-order chi connectivity index (χ0) is 17.9. The summed E-state index contributed by atoms with van der Waals surface area (Å²) < 4.78 is 38.1. The van der Waals surface area contributed by atoms with E-state index in [0.29, 0.717) is 18.5 Å². The van der Waals surface area contributed by atoms with Gasteiger partial charge in [-0.25, -0.2) is 0 Å². The summed E-state index contributed by atoms with van der Waals surface area (Å²) in [6.45, 7) is 3.18. The average molecular weight is 355 g/mol. The molecule has 3 N–H and O–H groups in total. The molecule has 25 heavy (non-hydrogen) atoms. The molecular formula is C18H24F3N3O. The molecule has 1 aromatic rings. The number of hydrogen-bond donors (Lipinski definition) is 3. The summed E-state index contributed by atoms with van der Waals surface area (Å²) in [5.74, 6) is -0.0533. The fraction of sp³-hybridized carbons (Fsp3) is 0.611. The number of carbonyl (C=O) groups is 1. The summed E-state index contributed by atoms with van der Waals surface area (Å²) in [5.41, 5.74) is 0.139. The van der Waals surface area contributed by atoms with Gasteiger partial charge in [0.05, 0.1) is 11.6 Å². The van der Waals surface area contributed by atoms with E-state index < -0.39 is 11.7 Å². The minimum absolute atomic E-state index is 0.0533. The van der Waals surface area contributed by atoms with Crippen LogP contribution in [0.15, 0.2) is 24.3 Å². The van der Waals surface area contributed by atoms with E-state index in [2.05, 4.69) is 16.0 Å². The van der Waals surface area contributed by atoms with Crippen molar-refractivity contribution in [3.8, 4) is 0 Å². The Bertz CT molecular complexity index is 612. The Balaban J connectivity index is 1.47. The highest BCUT2D eigenvalue weighted by atomic mass is 19.4. The maximum absolute atomic E-state index is 12.7. The molecule has 7 heteroatoms. The lowest BCUT2D eigenvalue weighted by atomic mass is 9.77. The van der Waals surface area contributed by atoms with E-state index in [4.69, 9.17) is 0 Å². The van der Waals surface area contributed by atoms with E-state index in [-0.39, 0.29) is 17.4 Å². The maximum Gasteiger partial charge on any atom is 0.416 e. The average Bonchev–Trinajstić information content (AvgIpc) is 2.98. The number of rotatable bonds is 4. The van der Waals surface area contributed by atoms with Gasteiger partial charge in [0, 0.05) is 13.1 Å². The third-order valence-electron chi connectivity index (χ3n) is 5.31. The van der Waals surface area contributed by atoms with E-state index >= 15 is 0 Å². The van der Waals surface area contributed by atoms with Crippen LogP contribution in [-0.2, 0) is 17.4 Å². The van der Waals surface area contributed by atoms with E-state index in [9.17, 15) is 18.0 Å². The van der Waals surface area contributed by atoms with Gasteiger partial charge in [-0.1, -0.05) is 18.2 Å². The summed E-state index contributed by atoms with van der Waals surface area (Å²) in [7, 11) is 0. The molecule has 1 atom stereocenters. The number of halogens is 3. The Morgan fingerprint density at radius 2 is 2.04 bits per heavy atom. The SMILES string of the molecule is O=C(NCCc1cccc(C(F)(F)F)c1)[C@H]1CC2(CCNCC2)CN1. The van der Waals surface area contributed by atoms with Crippen LogP contribution in [0.5, 0.6) is 0 Å². The Hall–Kier alpha value is -1.60. The van der Waals surface area contributed by atoms with Gasteiger partial charge in [-0.2, -0.15) is 13.2 Å². The molecule has 1 aromatic carbocycles. The van der Waals surface area contributed by atoms with Crippen molar-refractivity contribution in [1.29, 1.82) is 0 Å². The Kier molecular flexibility index (Phi) is 5.34. The van der Waals surface area contributed by atoms with Crippen LogP contribution in [0.2, 0.25) is 0 Å². The Morgan fingerprint density at radius 3 is 2.76 bits per heavy atom. The lowest BCUT2D eigenvalue weighted by molar-refractivity contribution is -0.137. The van der Waals surface area contributed by atoms with Gasteiger partial charge >= 0.3 is 6.18 Å². The molecule has 2 aliphatic rings. The number of amides is 1. The van der Waals surface area contributed by atoms with Crippen LogP contribution in [0.4, 0.5) is 13.2 Å². The van der Waals surface area contributed by atoms with E-state index in [1.165, 1.54) is 6.07 Å². The second-order valence-corrected chi connectivity index (χ2v) is 7.13. The predicted octanol–water partition coefficient (Wildman–Crippen LogP) is 2.10. The van der Waals surface area contributed by atoms with Gasteiger partial charge in [0.2, 0.25) is 5.91 Å². The first-order chi connectivity index (χ1) is 11.9. The minimum atomic E-state index is -4.34. The highest BCUT2D eigenvalue weighted by Crippen LogP contribution is 2.37. The van der Waals surface area contributed by atoms with Crippen LogP contribution in [0.1, 0.15) is 30.4 Å². The van der Waals surface area contributed by atoms with Crippen molar-refractivity contribution in [1.82, 2.24) is 16.0 Å². The molecule has 1 spiro atoms. The molecule has 2 aliphatic heterocycles. The number of piperidine rings is 1. The molecule has 3 rings (SSSR count). The maximum atomic E-state index is 12.7. The van der Waals surface area contributed by atoms with Crippen LogP contribution in [0.3, 0.4) is 0 Å². The largest absolute Gasteiger partial charge is 0.416 e. The molecule has 2 heterocycles. The number of benzene rings is 1. The second kappa shape index (κ2) is 7.33. The van der Waals surface area contributed by atoms with Gasteiger partial charge in [0.15, 0.2) is 0 Å². The fourth-order valence-electron chi connectivity index (χ4n) is 3.80. The lowest BCUT2D eigenvalue weighted by Crippen LogP contribution is -2.41. The molecular weight excluding hydrogens is 331 g/mol. The van der Waals surface area contributed by atoms with Crippen molar-refractivity contribution in [2.45, 2.75) is 37.9 Å². The Labute approximate surface area is 145 Å². The molecule has 0 saturated carbocycles. The van der Waals surface area contributed by atoms with Gasteiger partial charge in [-0.15, -0.1) is 0 Å². The summed E-state index contributed by atoms with van der Waals surface area (Å²) >= 11 is 0. The molecule has 0 unspecified atom stereocenters. The number of hydrogen-bond acceptors (Lipinski definition) is 3. The molecule has 138 valence electrons. The third-order valence-corrected chi connectivity index (χ3v) is 5.31. The van der Waals surface area contributed by atoms with Crippen LogP contribution >= 0.6 is 0 Å². The molecule has 2 fully saturated rings. The van der Waals surface area contributed by atoms with Crippen LogP contribution < -0.4 is 16.0 Å². The van der Waals surface area contributed by atoms with Crippen LogP contribution in [-0.4, -0.2) is 38.1 Å². The van der Waals surface area contributed by atoms with Crippen molar-refractivity contribution in [2.75, 3.05) is 26.2 Å². The van der Waals surface area contributed by atoms with Crippen molar-refractivity contribution in [3.63, 3.8) is 0 Å².